The minimum absolute atomic E-state index is 0.430. The van der Waals surface area contributed by atoms with E-state index in [4.69, 9.17) is 17.3 Å². The van der Waals surface area contributed by atoms with Crippen LogP contribution in [0.4, 0.5) is 5.95 Å². The molecule has 2 N–H and O–H groups in total. The first-order valence-electron chi connectivity index (χ1n) is 5.84. The topological polar surface area (TPSA) is 69.6 Å². The van der Waals surface area contributed by atoms with Crippen molar-refractivity contribution < 1.29 is 0 Å². The average molecular weight is 274 g/mol. The Morgan fingerprint density at radius 2 is 2.11 bits per heavy atom. The molecule has 0 spiro atoms. The van der Waals surface area contributed by atoms with E-state index in [0.717, 1.165) is 17.0 Å². The Kier molecular flexibility index (Phi) is 2.83. The molecule has 6 heteroatoms. The van der Waals surface area contributed by atoms with Crippen LogP contribution in [-0.2, 0) is 6.54 Å². The Labute approximate surface area is 115 Å². The van der Waals surface area contributed by atoms with Crippen LogP contribution in [0.1, 0.15) is 11.5 Å². The van der Waals surface area contributed by atoms with Gasteiger partial charge in [0.15, 0.2) is 0 Å². The van der Waals surface area contributed by atoms with Crippen molar-refractivity contribution in [3.63, 3.8) is 0 Å². The molecule has 0 aliphatic heterocycles. The lowest BCUT2D eigenvalue weighted by Gasteiger charge is -2.06. The third kappa shape index (κ3) is 2.13. The SMILES string of the molecule is Cc1nccc(Cn2c(N)nc3c(Cl)cccc32)n1. The number of halogens is 1. The van der Waals surface area contributed by atoms with Gasteiger partial charge >= 0.3 is 0 Å². The van der Waals surface area contributed by atoms with Crippen LogP contribution in [0.25, 0.3) is 11.0 Å². The van der Waals surface area contributed by atoms with Gasteiger partial charge in [0.05, 0.1) is 22.8 Å². The molecule has 0 bridgehead atoms. The van der Waals surface area contributed by atoms with E-state index < -0.39 is 0 Å². The number of aromatic nitrogens is 4. The Morgan fingerprint density at radius 1 is 1.26 bits per heavy atom. The highest BCUT2D eigenvalue weighted by atomic mass is 35.5. The summed E-state index contributed by atoms with van der Waals surface area (Å²) in [6, 6.07) is 7.49. The molecule has 3 rings (SSSR count). The number of hydrogen-bond donors (Lipinski definition) is 1. The zero-order valence-electron chi connectivity index (χ0n) is 10.3. The lowest BCUT2D eigenvalue weighted by molar-refractivity contribution is 0.795. The first-order chi connectivity index (χ1) is 9.15. The minimum atomic E-state index is 0.430. The predicted molar refractivity (Wildman–Crippen MR) is 75.0 cm³/mol. The van der Waals surface area contributed by atoms with Crippen LogP contribution in [0.2, 0.25) is 5.02 Å². The number of nitrogens with zero attached hydrogens (tertiary/aromatic N) is 4. The maximum Gasteiger partial charge on any atom is 0.201 e. The van der Waals surface area contributed by atoms with Crippen LogP contribution in [0.15, 0.2) is 30.5 Å². The fourth-order valence-corrected chi connectivity index (χ4v) is 2.26. The van der Waals surface area contributed by atoms with E-state index in [9.17, 15) is 0 Å². The molecule has 0 saturated carbocycles. The van der Waals surface area contributed by atoms with E-state index in [1.54, 1.807) is 12.3 Å². The molecular weight excluding hydrogens is 262 g/mol. The maximum absolute atomic E-state index is 6.11. The van der Waals surface area contributed by atoms with Crippen LogP contribution in [-0.4, -0.2) is 19.5 Å². The van der Waals surface area contributed by atoms with Crippen molar-refractivity contribution in [2.75, 3.05) is 5.73 Å². The highest BCUT2D eigenvalue weighted by molar-refractivity contribution is 6.35. The summed E-state index contributed by atoms with van der Waals surface area (Å²) in [7, 11) is 0. The van der Waals surface area contributed by atoms with Crippen LogP contribution < -0.4 is 5.73 Å². The Bertz CT molecular complexity index is 750. The number of nitrogen functional groups attached to an aromatic ring is 1. The number of para-hydroxylation sites is 1. The van der Waals surface area contributed by atoms with E-state index >= 15 is 0 Å². The van der Waals surface area contributed by atoms with Crippen molar-refractivity contribution in [3.8, 4) is 0 Å². The van der Waals surface area contributed by atoms with Gasteiger partial charge in [-0.2, -0.15) is 0 Å². The molecule has 2 aromatic heterocycles. The Balaban J connectivity index is 2.10. The van der Waals surface area contributed by atoms with Gasteiger partial charge in [0.2, 0.25) is 5.95 Å². The first-order valence-corrected chi connectivity index (χ1v) is 6.21. The maximum atomic E-state index is 6.11. The van der Waals surface area contributed by atoms with Crippen molar-refractivity contribution in [3.05, 3.63) is 47.0 Å². The fourth-order valence-electron chi connectivity index (χ4n) is 2.05. The number of aryl methyl sites for hydroxylation is 1. The highest BCUT2D eigenvalue weighted by Gasteiger charge is 2.11. The molecule has 0 aliphatic rings. The summed E-state index contributed by atoms with van der Waals surface area (Å²) >= 11 is 6.11. The predicted octanol–water partition coefficient (Wildman–Crippen LogP) is 2.42. The quantitative estimate of drug-likeness (QED) is 0.778. The number of hydrogen-bond acceptors (Lipinski definition) is 4. The molecule has 19 heavy (non-hydrogen) atoms. The van der Waals surface area contributed by atoms with Crippen molar-refractivity contribution in [2.45, 2.75) is 13.5 Å². The monoisotopic (exact) mass is 273 g/mol. The molecule has 1 aromatic carbocycles. The lowest BCUT2D eigenvalue weighted by Crippen LogP contribution is -2.06. The summed E-state index contributed by atoms with van der Waals surface area (Å²) in [5, 5.41) is 0.599. The van der Waals surface area contributed by atoms with Gasteiger partial charge in [-0.1, -0.05) is 17.7 Å². The van der Waals surface area contributed by atoms with E-state index in [2.05, 4.69) is 15.0 Å². The average Bonchev–Trinajstić information content (AvgIpc) is 2.69. The van der Waals surface area contributed by atoms with E-state index in [1.165, 1.54) is 0 Å². The van der Waals surface area contributed by atoms with Gasteiger partial charge in [0, 0.05) is 6.20 Å². The van der Waals surface area contributed by atoms with Crippen LogP contribution in [0.5, 0.6) is 0 Å². The zero-order valence-corrected chi connectivity index (χ0v) is 11.1. The Morgan fingerprint density at radius 3 is 2.89 bits per heavy atom. The van der Waals surface area contributed by atoms with Gasteiger partial charge in [-0.3, -0.25) is 0 Å². The molecule has 3 aromatic rings. The van der Waals surface area contributed by atoms with E-state index in [-0.39, 0.29) is 0 Å². The summed E-state index contributed by atoms with van der Waals surface area (Å²) in [6.45, 7) is 2.40. The molecule has 0 amide bonds. The van der Waals surface area contributed by atoms with Gasteiger partial charge < -0.3 is 10.3 Å². The number of anilines is 1. The standard InChI is InChI=1S/C13H12ClN5/c1-8-16-6-5-9(17-8)7-19-11-4-2-3-10(14)12(11)18-13(19)15/h2-6H,7H2,1H3,(H2,15,18). The van der Waals surface area contributed by atoms with E-state index in [1.807, 2.05) is 29.7 Å². The minimum Gasteiger partial charge on any atom is -0.369 e. The lowest BCUT2D eigenvalue weighted by atomic mass is 10.3. The molecule has 5 nitrogen and oxygen atoms in total. The van der Waals surface area contributed by atoms with Crippen LogP contribution in [0, 0.1) is 6.92 Å². The molecule has 0 fully saturated rings. The van der Waals surface area contributed by atoms with Gasteiger partial charge in [0.25, 0.3) is 0 Å². The second kappa shape index (κ2) is 4.51. The largest absolute Gasteiger partial charge is 0.369 e. The summed E-state index contributed by atoms with van der Waals surface area (Å²) in [5.41, 5.74) is 8.46. The van der Waals surface area contributed by atoms with E-state index in [0.29, 0.717) is 23.0 Å². The zero-order chi connectivity index (χ0) is 13.4. The second-order valence-electron chi connectivity index (χ2n) is 4.26. The Hall–Kier alpha value is -2.14. The first kappa shape index (κ1) is 11.9. The van der Waals surface area contributed by atoms with Gasteiger partial charge in [-0.05, 0) is 25.1 Å². The van der Waals surface area contributed by atoms with Crippen molar-refractivity contribution in [2.24, 2.45) is 0 Å². The van der Waals surface area contributed by atoms with Crippen molar-refractivity contribution >= 4 is 28.6 Å². The van der Waals surface area contributed by atoms with Gasteiger partial charge in [-0.25, -0.2) is 15.0 Å². The molecule has 0 atom stereocenters. The molecule has 0 radical (unpaired) electrons. The smallest absolute Gasteiger partial charge is 0.201 e. The third-order valence-corrected chi connectivity index (χ3v) is 3.22. The second-order valence-corrected chi connectivity index (χ2v) is 4.67. The van der Waals surface area contributed by atoms with Crippen LogP contribution >= 0.6 is 11.6 Å². The molecule has 96 valence electrons. The fraction of sp³-hybridized carbons (Fsp3) is 0.154. The summed E-state index contributed by atoms with van der Waals surface area (Å²) in [4.78, 5) is 12.7. The normalized spacial score (nSPS) is 11.1. The van der Waals surface area contributed by atoms with Crippen LogP contribution in [0.3, 0.4) is 0 Å². The molecule has 2 heterocycles. The molecule has 0 unspecified atom stereocenters. The van der Waals surface area contributed by atoms with Crippen molar-refractivity contribution in [1.82, 2.24) is 19.5 Å². The number of imidazole rings is 1. The summed E-state index contributed by atoms with van der Waals surface area (Å²) in [5.74, 6) is 1.16. The summed E-state index contributed by atoms with van der Waals surface area (Å²) < 4.78 is 1.89. The molecule has 0 saturated heterocycles. The third-order valence-electron chi connectivity index (χ3n) is 2.91. The van der Waals surface area contributed by atoms with Gasteiger partial charge in [-0.15, -0.1) is 0 Å². The highest BCUT2D eigenvalue weighted by Crippen LogP contribution is 2.25. The summed E-state index contributed by atoms with van der Waals surface area (Å²) in [6.07, 6.45) is 1.74. The number of benzene rings is 1. The van der Waals surface area contributed by atoms with Gasteiger partial charge in [0.1, 0.15) is 11.3 Å². The number of fused-ring (bicyclic) bond motifs is 1. The molecular formula is C13H12ClN5. The number of rotatable bonds is 2. The van der Waals surface area contributed by atoms with Crippen molar-refractivity contribution in [1.29, 1.82) is 0 Å². The molecule has 0 aliphatic carbocycles. The number of nitrogens with two attached hydrogens (primary N) is 1.